The maximum absolute atomic E-state index is 13.0. The summed E-state index contributed by atoms with van der Waals surface area (Å²) in [7, 11) is 0. The Kier molecular flexibility index (Phi) is 4.91. The normalized spacial score (nSPS) is 25.7. The van der Waals surface area contributed by atoms with Crippen LogP contribution in [0.25, 0.3) is 0 Å². The number of benzene rings is 1. The van der Waals surface area contributed by atoms with Crippen LogP contribution in [-0.4, -0.2) is 34.7 Å². The number of rotatable bonds is 4. The van der Waals surface area contributed by atoms with Gasteiger partial charge in [-0.15, -0.1) is 0 Å². The smallest absolute Gasteiger partial charge is 0.323 e. The molecule has 0 unspecified atom stereocenters. The van der Waals surface area contributed by atoms with E-state index in [1.165, 1.54) is 0 Å². The second-order valence-electron chi connectivity index (χ2n) is 7.93. The van der Waals surface area contributed by atoms with Gasteiger partial charge in [-0.25, -0.2) is 4.79 Å². The predicted molar refractivity (Wildman–Crippen MR) is 100 cm³/mol. The Balaban J connectivity index is 1.76. The van der Waals surface area contributed by atoms with Gasteiger partial charge in [0, 0.05) is 5.56 Å². The number of nitrogens with one attached hydrogen (secondary N) is 1. The Morgan fingerprint density at radius 1 is 1.12 bits per heavy atom. The van der Waals surface area contributed by atoms with Crippen molar-refractivity contribution in [3.8, 4) is 0 Å². The molecule has 1 aromatic carbocycles. The molecule has 1 aliphatic heterocycles. The van der Waals surface area contributed by atoms with Gasteiger partial charge in [0.15, 0.2) is 5.78 Å². The first-order valence-electron chi connectivity index (χ1n) is 9.52. The van der Waals surface area contributed by atoms with E-state index in [9.17, 15) is 14.4 Å². The summed E-state index contributed by atoms with van der Waals surface area (Å²) in [5.74, 6) is 0.208. The monoisotopic (exact) mass is 356 g/mol. The topological polar surface area (TPSA) is 66.5 Å². The number of hydrogen-bond donors (Lipinski definition) is 1. The van der Waals surface area contributed by atoms with Gasteiger partial charge in [-0.1, -0.05) is 19.4 Å². The summed E-state index contributed by atoms with van der Waals surface area (Å²) in [6, 6.07) is 3.40. The van der Waals surface area contributed by atoms with Crippen LogP contribution < -0.4 is 5.32 Å². The fourth-order valence-electron chi connectivity index (χ4n) is 4.23. The summed E-state index contributed by atoms with van der Waals surface area (Å²) in [5.41, 5.74) is 2.83. The molecule has 1 N–H and O–H groups in total. The Hall–Kier alpha value is -2.17. The molecule has 0 aromatic heterocycles. The van der Waals surface area contributed by atoms with Crippen molar-refractivity contribution >= 4 is 17.7 Å². The van der Waals surface area contributed by atoms with Gasteiger partial charge in [-0.05, 0) is 75.1 Å². The van der Waals surface area contributed by atoms with Crippen molar-refractivity contribution in [2.75, 3.05) is 6.54 Å². The number of ketones is 1. The zero-order valence-corrected chi connectivity index (χ0v) is 16.1. The molecule has 3 amide bonds. The van der Waals surface area contributed by atoms with Gasteiger partial charge >= 0.3 is 6.03 Å². The fourth-order valence-corrected chi connectivity index (χ4v) is 4.23. The molecule has 1 aliphatic carbocycles. The maximum Gasteiger partial charge on any atom is 0.325 e. The minimum atomic E-state index is -0.790. The molecule has 1 spiro atoms. The number of hydrogen-bond acceptors (Lipinski definition) is 3. The van der Waals surface area contributed by atoms with Crippen LogP contribution in [0.3, 0.4) is 0 Å². The Labute approximate surface area is 155 Å². The molecule has 3 rings (SSSR count). The molecule has 1 saturated heterocycles. The van der Waals surface area contributed by atoms with Crippen molar-refractivity contribution in [1.29, 1.82) is 0 Å². The van der Waals surface area contributed by atoms with Crippen LogP contribution in [0.5, 0.6) is 0 Å². The quantitative estimate of drug-likeness (QED) is 0.661. The summed E-state index contributed by atoms with van der Waals surface area (Å²) < 4.78 is 0. The third-order valence-electron chi connectivity index (χ3n) is 6.22. The molecule has 1 aromatic rings. The highest BCUT2D eigenvalue weighted by atomic mass is 16.2. The van der Waals surface area contributed by atoms with Gasteiger partial charge in [0.1, 0.15) is 5.54 Å². The summed E-state index contributed by atoms with van der Waals surface area (Å²) >= 11 is 0. The average Bonchev–Trinajstić information content (AvgIpc) is 2.83. The van der Waals surface area contributed by atoms with Crippen LogP contribution in [0, 0.1) is 26.7 Å². The predicted octanol–water partition coefficient (Wildman–Crippen LogP) is 3.69. The molecule has 1 saturated carbocycles. The highest BCUT2D eigenvalue weighted by Gasteiger charge is 2.52. The Morgan fingerprint density at radius 3 is 2.35 bits per heavy atom. The number of Topliss-reactive ketones (excluding diaryl/α,β-unsaturated/α-hetero) is 1. The average molecular weight is 356 g/mol. The molecule has 5 heteroatoms. The Bertz CT molecular complexity index is 761. The van der Waals surface area contributed by atoms with Crippen molar-refractivity contribution in [2.24, 2.45) is 5.92 Å². The largest absolute Gasteiger partial charge is 0.325 e. The van der Waals surface area contributed by atoms with Crippen LogP contribution in [-0.2, 0) is 4.79 Å². The van der Waals surface area contributed by atoms with Gasteiger partial charge in [0.2, 0.25) is 0 Å². The number of carbonyl (C=O) groups is 3. The molecular formula is C21H28N2O3. The SMILES string of the molecule is CCC1CCC2(CC1)NC(=O)N(CC(=O)c1cc(C)c(C)cc1C)C2=O. The van der Waals surface area contributed by atoms with E-state index in [0.29, 0.717) is 24.3 Å². The van der Waals surface area contributed by atoms with Crippen molar-refractivity contribution in [1.82, 2.24) is 10.2 Å². The first-order chi connectivity index (χ1) is 12.3. The number of carbonyl (C=O) groups excluding carboxylic acids is 3. The third-order valence-corrected chi connectivity index (χ3v) is 6.22. The lowest BCUT2D eigenvalue weighted by Gasteiger charge is -2.34. The first-order valence-corrected chi connectivity index (χ1v) is 9.52. The lowest BCUT2D eigenvalue weighted by Crippen LogP contribution is -2.49. The van der Waals surface area contributed by atoms with Crippen molar-refractivity contribution in [3.05, 3.63) is 34.4 Å². The van der Waals surface area contributed by atoms with Crippen LogP contribution >= 0.6 is 0 Å². The summed E-state index contributed by atoms with van der Waals surface area (Å²) in [6.07, 6.45) is 4.33. The molecular weight excluding hydrogens is 328 g/mol. The van der Waals surface area contributed by atoms with Gasteiger partial charge in [-0.3, -0.25) is 14.5 Å². The van der Waals surface area contributed by atoms with Crippen LogP contribution in [0.2, 0.25) is 0 Å². The van der Waals surface area contributed by atoms with E-state index in [2.05, 4.69) is 12.2 Å². The molecule has 0 bridgehead atoms. The minimum Gasteiger partial charge on any atom is -0.323 e. The van der Waals surface area contributed by atoms with E-state index in [-0.39, 0.29) is 18.2 Å². The van der Waals surface area contributed by atoms with Gasteiger partial charge in [0.25, 0.3) is 5.91 Å². The molecule has 0 atom stereocenters. The van der Waals surface area contributed by atoms with Gasteiger partial charge < -0.3 is 5.32 Å². The minimum absolute atomic E-state index is 0.187. The highest BCUT2D eigenvalue weighted by Crippen LogP contribution is 2.37. The summed E-state index contributed by atoms with van der Waals surface area (Å²) in [6.45, 7) is 7.82. The maximum atomic E-state index is 13.0. The molecule has 5 nitrogen and oxygen atoms in total. The van der Waals surface area contributed by atoms with E-state index in [4.69, 9.17) is 0 Å². The third kappa shape index (κ3) is 3.15. The standard InChI is InChI=1S/C21H28N2O3/c1-5-16-6-8-21(9-7-16)19(25)23(20(26)22-21)12-18(24)17-11-14(3)13(2)10-15(17)4/h10-11,16H,5-9,12H2,1-4H3,(H,22,26). The Morgan fingerprint density at radius 2 is 1.73 bits per heavy atom. The second kappa shape index (κ2) is 6.86. The number of imide groups is 1. The van der Waals surface area contributed by atoms with E-state index in [1.54, 1.807) is 0 Å². The van der Waals surface area contributed by atoms with Crippen molar-refractivity contribution in [2.45, 2.75) is 65.3 Å². The molecule has 2 aliphatic rings. The lowest BCUT2D eigenvalue weighted by molar-refractivity contribution is -0.132. The number of aryl methyl sites for hydroxylation is 3. The number of urea groups is 1. The van der Waals surface area contributed by atoms with E-state index >= 15 is 0 Å². The zero-order valence-electron chi connectivity index (χ0n) is 16.1. The van der Waals surface area contributed by atoms with Crippen molar-refractivity contribution in [3.63, 3.8) is 0 Å². The van der Waals surface area contributed by atoms with Crippen LogP contribution in [0.15, 0.2) is 12.1 Å². The first kappa shape index (κ1) is 18.6. The summed E-state index contributed by atoms with van der Waals surface area (Å²) in [4.78, 5) is 39.3. The summed E-state index contributed by atoms with van der Waals surface area (Å²) in [5, 5.41) is 2.89. The van der Waals surface area contributed by atoms with Crippen molar-refractivity contribution < 1.29 is 14.4 Å². The highest BCUT2D eigenvalue weighted by molar-refractivity contribution is 6.11. The molecule has 26 heavy (non-hydrogen) atoms. The molecule has 140 valence electrons. The van der Waals surface area contributed by atoms with Crippen LogP contribution in [0.4, 0.5) is 4.79 Å². The van der Waals surface area contributed by atoms with Gasteiger partial charge in [0.05, 0.1) is 6.54 Å². The number of nitrogens with zero attached hydrogens (tertiary/aromatic N) is 1. The molecule has 0 radical (unpaired) electrons. The van der Waals surface area contributed by atoms with Gasteiger partial charge in [-0.2, -0.15) is 0 Å². The molecule has 2 fully saturated rings. The van der Waals surface area contributed by atoms with E-state index in [0.717, 1.165) is 40.9 Å². The second-order valence-corrected chi connectivity index (χ2v) is 7.93. The van der Waals surface area contributed by atoms with Crippen LogP contribution in [0.1, 0.15) is 66.1 Å². The fraction of sp³-hybridized carbons (Fsp3) is 0.571. The van der Waals surface area contributed by atoms with E-state index in [1.807, 2.05) is 32.9 Å². The zero-order chi connectivity index (χ0) is 19.1. The lowest BCUT2D eigenvalue weighted by atomic mass is 9.75. The van der Waals surface area contributed by atoms with E-state index < -0.39 is 11.6 Å². The molecule has 1 heterocycles. The number of amides is 3.